The van der Waals surface area contributed by atoms with Crippen molar-refractivity contribution in [3.05, 3.63) is 35.4 Å². The van der Waals surface area contributed by atoms with Crippen LogP contribution in [0.2, 0.25) is 0 Å². The first-order valence-electron chi connectivity index (χ1n) is 8.69. The maximum absolute atomic E-state index is 12.4. The number of fused-ring (bicyclic) bond motifs is 1. The predicted octanol–water partition coefficient (Wildman–Crippen LogP) is 2.35. The SMILES string of the molecule is Cc1ccccc1C(C)NC(=O)CN1C(=O)C2CCCCC2C1=O. The molecule has 3 amide bonds. The zero-order chi connectivity index (χ0) is 17.3. The van der Waals surface area contributed by atoms with Gasteiger partial charge in [0.1, 0.15) is 6.54 Å². The van der Waals surface area contributed by atoms with Crippen molar-refractivity contribution in [1.29, 1.82) is 0 Å². The number of benzene rings is 1. The van der Waals surface area contributed by atoms with E-state index in [1.807, 2.05) is 38.1 Å². The second kappa shape index (κ2) is 6.75. The lowest BCUT2D eigenvalue weighted by atomic mass is 9.81. The number of carbonyl (C=O) groups excluding carboxylic acids is 3. The van der Waals surface area contributed by atoms with E-state index >= 15 is 0 Å². The second-order valence-corrected chi connectivity index (χ2v) is 6.91. The van der Waals surface area contributed by atoms with Crippen LogP contribution in [0.4, 0.5) is 0 Å². The molecule has 1 aliphatic carbocycles. The third-order valence-electron chi connectivity index (χ3n) is 5.27. The van der Waals surface area contributed by atoms with E-state index in [1.54, 1.807) is 0 Å². The Morgan fingerprint density at radius 3 is 2.33 bits per heavy atom. The molecule has 5 heteroatoms. The molecule has 0 radical (unpaired) electrons. The summed E-state index contributed by atoms with van der Waals surface area (Å²) in [5.41, 5.74) is 2.14. The van der Waals surface area contributed by atoms with Gasteiger partial charge in [-0.25, -0.2) is 0 Å². The van der Waals surface area contributed by atoms with Crippen molar-refractivity contribution in [3.8, 4) is 0 Å². The number of imide groups is 1. The fraction of sp³-hybridized carbons (Fsp3) is 0.526. The molecule has 1 aliphatic heterocycles. The molecule has 1 saturated carbocycles. The first-order valence-corrected chi connectivity index (χ1v) is 8.69. The topological polar surface area (TPSA) is 66.5 Å². The minimum Gasteiger partial charge on any atom is -0.348 e. The number of hydrogen-bond donors (Lipinski definition) is 1. The first-order chi connectivity index (χ1) is 11.5. The highest BCUT2D eigenvalue weighted by Crippen LogP contribution is 2.37. The molecule has 0 bridgehead atoms. The Balaban J connectivity index is 1.63. The lowest BCUT2D eigenvalue weighted by Crippen LogP contribution is -2.41. The maximum Gasteiger partial charge on any atom is 0.240 e. The van der Waals surface area contributed by atoms with Crippen LogP contribution in [0.25, 0.3) is 0 Å². The summed E-state index contributed by atoms with van der Waals surface area (Å²) in [5, 5.41) is 2.90. The molecule has 1 saturated heterocycles. The Kier molecular flexibility index (Phi) is 4.69. The summed E-state index contributed by atoms with van der Waals surface area (Å²) in [7, 11) is 0. The fourth-order valence-electron chi connectivity index (χ4n) is 3.97. The average Bonchev–Trinajstić information content (AvgIpc) is 2.80. The predicted molar refractivity (Wildman–Crippen MR) is 89.9 cm³/mol. The average molecular weight is 328 g/mol. The van der Waals surface area contributed by atoms with Gasteiger partial charge in [-0.3, -0.25) is 19.3 Å². The molecule has 1 heterocycles. The van der Waals surface area contributed by atoms with Crippen molar-refractivity contribution in [2.45, 2.75) is 45.6 Å². The largest absolute Gasteiger partial charge is 0.348 e. The standard InChI is InChI=1S/C19H24N2O3/c1-12-7-3-4-8-14(12)13(2)20-17(22)11-21-18(23)15-9-5-6-10-16(15)19(21)24/h3-4,7-8,13,15-16H,5-6,9-11H2,1-2H3,(H,20,22). The molecule has 2 fully saturated rings. The maximum atomic E-state index is 12.4. The summed E-state index contributed by atoms with van der Waals surface area (Å²) >= 11 is 0. The molecule has 3 atom stereocenters. The third kappa shape index (κ3) is 3.07. The van der Waals surface area contributed by atoms with E-state index in [0.717, 1.165) is 36.8 Å². The highest BCUT2D eigenvalue weighted by molar-refractivity contribution is 6.07. The van der Waals surface area contributed by atoms with Crippen LogP contribution in [0.1, 0.15) is 49.8 Å². The van der Waals surface area contributed by atoms with Crippen LogP contribution in [0.5, 0.6) is 0 Å². The summed E-state index contributed by atoms with van der Waals surface area (Å²) in [4.78, 5) is 38.3. The Morgan fingerprint density at radius 1 is 1.17 bits per heavy atom. The summed E-state index contributed by atoms with van der Waals surface area (Å²) < 4.78 is 0. The Labute approximate surface area is 142 Å². The number of nitrogens with one attached hydrogen (secondary N) is 1. The minimum absolute atomic E-state index is 0.159. The first kappa shape index (κ1) is 16.7. The van der Waals surface area contributed by atoms with E-state index in [1.165, 1.54) is 4.90 Å². The molecule has 0 aromatic heterocycles. The molecule has 1 aromatic rings. The molecule has 3 unspecified atom stereocenters. The van der Waals surface area contributed by atoms with Gasteiger partial charge < -0.3 is 5.32 Å². The molecular weight excluding hydrogens is 304 g/mol. The highest BCUT2D eigenvalue weighted by atomic mass is 16.2. The van der Waals surface area contributed by atoms with Crippen LogP contribution in [0.15, 0.2) is 24.3 Å². The van der Waals surface area contributed by atoms with E-state index < -0.39 is 0 Å². The van der Waals surface area contributed by atoms with Crippen LogP contribution in [-0.2, 0) is 14.4 Å². The fourth-order valence-corrected chi connectivity index (χ4v) is 3.97. The van der Waals surface area contributed by atoms with Crippen molar-refractivity contribution >= 4 is 17.7 Å². The molecule has 1 aromatic carbocycles. The number of carbonyl (C=O) groups is 3. The van der Waals surface area contributed by atoms with Crippen LogP contribution < -0.4 is 5.32 Å². The Hall–Kier alpha value is -2.17. The van der Waals surface area contributed by atoms with Crippen LogP contribution >= 0.6 is 0 Å². The van der Waals surface area contributed by atoms with Crippen molar-refractivity contribution in [3.63, 3.8) is 0 Å². The van der Waals surface area contributed by atoms with E-state index in [2.05, 4.69) is 5.32 Å². The van der Waals surface area contributed by atoms with Gasteiger partial charge in [0.25, 0.3) is 0 Å². The molecule has 1 N–H and O–H groups in total. The summed E-state index contributed by atoms with van der Waals surface area (Å²) in [6.45, 7) is 3.74. The Morgan fingerprint density at radius 2 is 1.75 bits per heavy atom. The van der Waals surface area contributed by atoms with Gasteiger partial charge in [-0.2, -0.15) is 0 Å². The quantitative estimate of drug-likeness (QED) is 0.863. The normalized spacial score (nSPS) is 24.7. The molecule has 0 spiro atoms. The summed E-state index contributed by atoms with van der Waals surface area (Å²) in [5.74, 6) is -1.02. The number of likely N-dealkylation sites (tertiary alicyclic amines) is 1. The summed E-state index contributed by atoms with van der Waals surface area (Å²) in [6, 6.07) is 7.70. The smallest absolute Gasteiger partial charge is 0.240 e. The molecule has 2 aliphatic rings. The van der Waals surface area contributed by atoms with Gasteiger partial charge in [0, 0.05) is 0 Å². The van der Waals surface area contributed by atoms with Gasteiger partial charge in [-0.1, -0.05) is 37.1 Å². The molecule has 128 valence electrons. The van der Waals surface area contributed by atoms with E-state index in [0.29, 0.717) is 0 Å². The minimum atomic E-state index is -0.286. The van der Waals surface area contributed by atoms with Crippen LogP contribution in [0.3, 0.4) is 0 Å². The van der Waals surface area contributed by atoms with Gasteiger partial charge in [0.05, 0.1) is 17.9 Å². The number of hydrogen-bond acceptors (Lipinski definition) is 3. The van der Waals surface area contributed by atoms with Gasteiger partial charge >= 0.3 is 0 Å². The highest BCUT2D eigenvalue weighted by Gasteiger charge is 2.48. The molecule has 5 nitrogen and oxygen atoms in total. The van der Waals surface area contributed by atoms with Crippen molar-refractivity contribution in [1.82, 2.24) is 10.2 Å². The van der Waals surface area contributed by atoms with Crippen molar-refractivity contribution < 1.29 is 14.4 Å². The third-order valence-corrected chi connectivity index (χ3v) is 5.27. The molecular formula is C19H24N2O3. The molecule has 3 rings (SSSR count). The lowest BCUT2D eigenvalue weighted by Gasteiger charge is -2.19. The molecule has 24 heavy (non-hydrogen) atoms. The second-order valence-electron chi connectivity index (χ2n) is 6.91. The van der Waals surface area contributed by atoms with Gasteiger partial charge in [-0.15, -0.1) is 0 Å². The van der Waals surface area contributed by atoms with E-state index in [9.17, 15) is 14.4 Å². The van der Waals surface area contributed by atoms with Gasteiger partial charge in [0.2, 0.25) is 17.7 Å². The number of rotatable bonds is 4. The van der Waals surface area contributed by atoms with Gasteiger partial charge in [-0.05, 0) is 37.8 Å². The number of aryl methyl sites for hydroxylation is 1. The zero-order valence-corrected chi connectivity index (χ0v) is 14.2. The van der Waals surface area contributed by atoms with E-state index in [-0.39, 0.29) is 42.1 Å². The van der Waals surface area contributed by atoms with Crippen molar-refractivity contribution in [2.24, 2.45) is 11.8 Å². The Bertz CT molecular complexity index is 646. The van der Waals surface area contributed by atoms with Crippen LogP contribution in [-0.4, -0.2) is 29.2 Å². The lowest BCUT2D eigenvalue weighted by molar-refractivity contribution is -0.143. The van der Waals surface area contributed by atoms with Crippen molar-refractivity contribution in [2.75, 3.05) is 6.54 Å². The number of amides is 3. The monoisotopic (exact) mass is 328 g/mol. The summed E-state index contributed by atoms with van der Waals surface area (Å²) in [6.07, 6.45) is 3.52. The van der Waals surface area contributed by atoms with Gasteiger partial charge in [0.15, 0.2) is 0 Å². The number of nitrogens with zero attached hydrogens (tertiary/aromatic N) is 1. The van der Waals surface area contributed by atoms with E-state index in [4.69, 9.17) is 0 Å². The van der Waals surface area contributed by atoms with Crippen LogP contribution in [0, 0.1) is 18.8 Å². The zero-order valence-electron chi connectivity index (χ0n) is 14.2.